The normalized spacial score (nSPS) is 16.3. The highest BCUT2D eigenvalue weighted by atomic mass is 14.3. The molecule has 26 heavy (non-hydrogen) atoms. The summed E-state index contributed by atoms with van der Waals surface area (Å²) in [4.78, 5) is 0. The van der Waals surface area contributed by atoms with E-state index in [9.17, 15) is 0 Å². The van der Waals surface area contributed by atoms with Crippen LogP contribution < -0.4 is 0 Å². The van der Waals surface area contributed by atoms with Crippen molar-refractivity contribution in [3.05, 3.63) is 72.3 Å². The number of rotatable bonds is 1. The molecule has 0 aliphatic heterocycles. The molecule has 0 heteroatoms. The van der Waals surface area contributed by atoms with E-state index < -0.39 is 0 Å². The Balaban J connectivity index is 1.88. The molecule has 1 fully saturated rings. The van der Waals surface area contributed by atoms with Gasteiger partial charge in [0.25, 0.3) is 0 Å². The Hall–Kier alpha value is -2.60. The zero-order valence-electron chi connectivity index (χ0n) is 15.0. The molecular weight excluding hydrogens is 312 g/mol. The van der Waals surface area contributed by atoms with Crippen LogP contribution in [0.25, 0.3) is 43.1 Å². The average Bonchev–Trinajstić information content (AvgIpc) is 2.72. The summed E-state index contributed by atoms with van der Waals surface area (Å²) < 4.78 is 0. The summed E-state index contributed by atoms with van der Waals surface area (Å²) in [5.41, 5.74) is 1.59. The summed E-state index contributed by atoms with van der Waals surface area (Å²) in [7, 11) is 0. The molecule has 0 nitrogen and oxygen atoms in total. The van der Waals surface area contributed by atoms with E-state index in [1.807, 2.05) is 0 Å². The number of benzene rings is 5. The zero-order valence-corrected chi connectivity index (χ0v) is 15.0. The molecule has 0 radical (unpaired) electrons. The second kappa shape index (κ2) is 5.45. The second-order valence-corrected chi connectivity index (χ2v) is 7.98. The average molecular weight is 334 g/mol. The van der Waals surface area contributed by atoms with E-state index >= 15 is 0 Å². The summed E-state index contributed by atoms with van der Waals surface area (Å²) in [6.45, 7) is 0. The molecule has 0 N–H and O–H groups in total. The van der Waals surface area contributed by atoms with Crippen molar-refractivity contribution in [3.63, 3.8) is 0 Å². The molecule has 126 valence electrons. The maximum atomic E-state index is 2.43. The van der Waals surface area contributed by atoms with E-state index in [1.165, 1.54) is 75.2 Å². The van der Waals surface area contributed by atoms with Gasteiger partial charge in [-0.15, -0.1) is 0 Å². The summed E-state index contributed by atoms with van der Waals surface area (Å²) in [5.74, 6) is 0.719. The van der Waals surface area contributed by atoms with E-state index in [4.69, 9.17) is 0 Å². The Bertz CT molecular complexity index is 1250. The van der Waals surface area contributed by atoms with Crippen molar-refractivity contribution in [3.8, 4) is 0 Å². The van der Waals surface area contributed by atoms with Crippen LogP contribution in [-0.2, 0) is 0 Å². The van der Waals surface area contributed by atoms with Gasteiger partial charge in [-0.3, -0.25) is 0 Å². The van der Waals surface area contributed by atoms with Gasteiger partial charge in [-0.25, -0.2) is 0 Å². The van der Waals surface area contributed by atoms with Crippen LogP contribution in [0.2, 0.25) is 0 Å². The highest BCUT2D eigenvalue weighted by molar-refractivity contribution is 6.33. The van der Waals surface area contributed by atoms with Crippen LogP contribution in [0, 0.1) is 0 Å². The van der Waals surface area contributed by atoms with Gasteiger partial charge in [0.15, 0.2) is 0 Å². The molecule has 5 aromatic carbocycles. The minimum absolute atomic E-state index is 0.719. The lowest BCUT2D eigenvalue weighted by Gasteiger charge is -2.25. The monoisotopic (exact) mass is 334 g/mol. The van der Waals surface area contributed by atoms with Gasteiger partial charge in [-0.1, -0.05) is 86.0 Å². The van der Waals surface area contributed by atoms with Gasteiger partial charge in [0.2, 0.25) is 0 Å². The Kier molecular flexibility index (Phi) is 3.05. The van der Waals surface area contributed by atoms with Crippen molar-refractivity contribution in [1.82, 2.24) is 0 Å². The first-order chi connectivity index (χ1) is 12.9. The van der Waals surface area contributed by atoms with Gasteiger partial charge in [0, 0.05) is 0 Å². The van der Waals surface area contributed by atoms with Crippen LogP contribution >= 0.6 is 0 Å². The molecule has 0 bridgehead atoms. The predicted molar refractivity (Wildman–Crippen MR) is 113 cm³/mol. The van der Waals surface area contributed by atoms with E-state index in [2.05, 4.69) is 66.7 Å². The largest absolute Gasteiger partial charge is 0.0610 e. The lowest BCUT2D eigenvalue weighted by molar-refractivity contribution is 0.446. The number of fused-ring (bicyclic) bond motifs is 2. The van der Waals surface area contributed by atoms with E-state index in [0.717, 1.165) is 5.92 Å². The van der Waals surface area contributed by atoms with Crippen molar-refractivity contribution in [2.24, 2.45) is 0 Å². The van der Waals surface area contributed by atoms with Crippen LogP contribution in [0.3, 0.4) is 0 Å². The standard InChI is InChI=1S/C26H22/c1-2-7-17(8-3-1)20-16-15-19-11-5-13-22-21-12-4-9-18-10-6-14-23(24(18)21)26(20)25(19)22/h4-6,9-17H,1-3,7-8H2. The minimum atomic E-state index is 0.719. The van der Waals surface area contributed by atoms with Gasteiger partial charge in [-0.2, -0.15) is 0 Å². The molecular formula is C26H22. The van der Waals surface area contributed by atoms with Gasteiger partial charge in [0.05, 0.1) is 0 Å². The first-order valence-corrected chi connectivity index (χ1v) is 10.00. The Morgan fingerprint density at radius 3 is 1.85 bits per heavy atom. The summed E-state index contributed by atoms with van der Waals surface area (Å²) >= 11 is 0. The molecule has 0 spiro atoms. The SMILES string of the molecule is c1cc2cccc3c4c(C5CCCCC5)ccc5cccc(c(c1)c23)c54. The van der Waals surface area contributed by atoms with Crippen molar-refractivity contribution in [2.75, 3.05) is 0 Å². The van der Waals surface area contributed by atoms with Crippen LogP contribution in [0.15, 0.2) is 66.7 Å². The lowest BCUT2D eigenvalue weighted by atomic mass is 9.79. The number of hydrogen-bond acceptors (Lipinski definition) is 0. The van der Waals surface area contributed by atoms with Gasteiger partial charge in [-0.05, 0) is 67.4 Å². The fraction of sp³-hybridized carbons (Fsp3) is 0.231. The lowest BCUT2D eigenvalue weighted by Crippen LogP contribution is -2.05. The fourth-order valence-corrected chi connectivity index (χ4v) is 5.44. The second-order valence-electron chi connectivity index (χ2n) is 7.98. The maximum Gasteiger partial charge on any atom is -0.00235 e. The molecule has 0 atom stereocenters. The molecule has 6 rings (SSSR count). The Morgan fingerprint density at radius 2 is 1.12 bits per heavy atom. The highest BCUT2D eigenvalue weighted by Gasteiger charge is 2.21. The first kappa shape index (κ1) is 14.6. The maximum absolute atomic E-state index is 2.43. The Morgan fingerprint density at radius 1 is 0.500 bits per heavy atom. The Labute approximate surface area is 153 Å². The molecule has 1 saturated carbocycles. The van der Waals surface area contributed by atoms with Crippen LogP contribution in [-0.4, -0.2) is 0 Å². The van der Waals surface area contributed by atoms with Crippen molar-refractivity contribution >= 4 is 43.1 Å². The van der Waals surface area contributed by atoms with Gasteiger partial charge >= 0.3 is 0 Å². The first-order valence-electron chi connectivity index (χ1n) is 10.00. The third kappa shape index (κ3) is 1.90. The summed E-state index contributed by atoms with van der Waals surface area (Å²) in [5, 5.41) is 11.4. The minimum Gasteiger partial charge on any atom is -0.0610 e. The smallest absolute Gasteiger partial charge is 0.00235 e. The van der Waals surface area contributed by atoms with E-state index in [-0.39, 0.29) is 0 Å². The van der Waals surface area contributed by atoms with Crippen molar-refractivity contribution < 1.29 is 0 Å². The molecule has 0 unspecified atom stereocenters. The molecule has 0 heterocycles. The van der Waals surface area contributed by atoms with E-state index in [1.54, 1.807) is 5.56 Å². The topological polar surface area (TPSA) is 0 Å². The molecule has 5 aromatic rings. The fourth-order valence-electron chi connectivity index (χ4n) is 5.44. The van der Waals surface area contributed by atoms with Crippen LogP contribution in [0.5, 0.6) is 0 Å². The molecule has 0 amide bonds. The quantitative estimate of drug-likeness (QED) is 0.217. The molecule has 1 aliphatic rings. The predicted octanol–water partition coefficient (Wildman–Crippen LogP) is 7.78. The van der Waals surface area contributed by atoms with Crippen molar-refractivity contribution in [2.45, 2.75) is 38.0 Å². The highest BCUT2D eigenvalue weighted by Crippen LogP contribution is 2.45. The summed E-state index contributed by atoms with van der Waals surface area (Å²) in [6, 6.07) is 25.2. The van der Waals surface area contributed by atoms with Gasteiger partial charge in [0.1, 0.15) is 0 Å². The zero-order chi connectivity index (χ0) is 17.1. The molecule has 0 saturated heterocycles. The van der Waals surface area contributed by atoms with Crippen LogP contribution in [0.4, 0.5) is 0 Å². The third-order valence-electron chi connectivity index (χ3n) is 6.59. The van der Waals surface area contributed by atoms with Crippen LogP contribution in [0.1, 0.15) is 43.6 Å². The van der Waals surface area contributed by atoms with Gasteiger partial charge < -0.3 is 0 Å². The summed E-state index contributed by atoms with van der Waals surface area (Å²) in [6.07, 6.45) is 6.86. The third-order valence-corrected chi connectivity index (χ3v) is 6.59. The van der Waals surface area contributed by atoms with Crippen molar-refractivity contribution in [1.29, 1.82) is 0 Å². The molecule has 0 aromatic heterocycles. The number of hydrogen-bond donors (Lipinski definition) is 0. The van der Waals surface area contributed by atoms with E-state index in [0.29, 0.717) is 0 Å². The molecule has 1 aliphatic carbocycles.